The number of hydrogen-bond donors (Lipinski definition) is 1. The SMILES string of the molecule is Cc1ccc(C)c(CCN(C)CCCO)c1. The molecule has 0 fully saturated rings. The van der Waals surface area contributed by atoms with Gasteiger partial charge in [-0.25, -0.2) is 0 Å². The minimum Gasteiger partial charge on any atom is -0.396 e. The van der Waals surface area contributed by atoms with Crippen LogP contribution in [0.3, 0.4) is 0 Å². The van der Waals surface area contributed by atoms with Crippen LogP contribution in [0.4, 0.5) is 0 Å². The molecule has 0 aliphatic rings. The van der Waals surface area contributed by atoms with E-state index in [1.165, 1.54) is 16.7 Å². The second kappa shape index (κ2) is 6.66. The van der Waals surface area contributed by atoms with Crippen LogP contribution in [0.5, 0.6) is 0 Å². The number of aryl methyl sites for hydroxylation is 2. The Morgan fingerprint density at radius 3 is 2.62 bits per heavy atom. The van der Waals surface area contributed by atoms with Gasteiger partial charge in [0.2, 0.25) is 0 Å². The summed E-state index contributed by atoms with van der Waals surface area (Å²) in [7, 11) is 2.11. The maximum atomic E-state index is 8.75. The van der Waals surface area contributed by atoms with Gasteiger partial charge in [-0.2, -0.15) is 0 Å². The summed E-state index contributed by atoms with van der Waals surface area (Å²) in [5.74, 6) is 0. The average Bonchev–Trinajstić information content (AvgIpc) is 2.27. The van der Waals surface area contributed by atoms with E-state index in [1.54, 1.807) is 0 Å². The first-order valence-electron chi connectivity index (χ1n) is 5.99. The quantitative estimate of drug-likeness (QED) is 0.795. The molecule has 2 heteroatoms. The molecule has 16 heavy (non-hydrogen) atoms. The average molecular weight is 221 g/mol. The Balaban J connectivity index is 2.44. The van der Waals surface area contributed by atoms with Gasteiger partial charge in [-0.05, 0) is 44.9 Å². The van der Waals surface area contributed by atoms with Gasteiger partial charge in [-0.3, -0.25) is 0 Å². The molecule has 0 bridgehead atoms. The molecular formula is C14H23NO. The summed E-state index contributed by atoms with van der Waals surface area (Å²) in [6, 6.07) is 6.63. The number of benzene rings is 1. The predicted molar refractivity (Wildman–Crippen MR) is 68.8 cm³/mol. The van der Waals surface area contributed by atoms with E-state index in [9.17, 15) is 0 Å². The van der Waals surface area contributed by atoms with Crippen LogP contribution in [0.25, 0.3) is 0 Å². The standard InChI is InChI=1S/C14H23NO/c1-12-5-6-13(2)14(11-12)7-9-15(3)8-4-10-16/h5-6,11,16H,4,7-10H2,1-3H3. The Morgan fingerprint density at radius 1 is 1.19 bits per heavy atom. The molecule has 1 N–H and O–H groups in total. The first-order chi connectivity index (χ1) is 7.63. The number of rotatable bonds is 6. The van der Waals surface area contributed by atoms with Crippen LogP contribution in [-0.2, 0) is 6.42 Å². The summed E-state index contributed by atoms with van der Waals surface area (Å²) in [5.41, 5.74) is 4.15. The minimum absolute atomic E-state index is 0.286. The van der Waals surface area contributed by atoms with Gasteiger partial charge in [0.1, 0.15) is 0 Å². The van der Waals surface area contributed by atoms with Gasteiger partial charge in [0.25, 0.3) is 0 Å². The van der Waals surface area contributed by atoms with Crippen molar-refractivity contribution in [3.8, 4) is 0 Å². The number of nitrogens with zero attached hydrogens (tertiary/aromatic N) is 1. The first-order valence-corrected chi connectivity index (χ1v) is 5.99. The van der Waals surface area contributed by atoms with Crippen molar-refractivity contribution in [2.45, 2.75) is 26.7 Å². The fraction of sp³-hybridized carbons (Fsp3) is 0.571. The molecule has 2 nitrogen and oxygen atoms in total. The predicted octanol–water partition coefficient (Wildman–Crippen LogP) is 2.16. The molecule has 0 radical (unpaired) electrons. The fourth-order valence-electron chi connectivity index (χ4n) is 1.83. The summed E-state index contributed by atoms with van der Waals surface area (Å²) in [6.07, 6.45) is 1.96. The molecule has 0 amide bonds. The van der Waals surface area contributed by atoms with Crippen LogP contribution in [-0.4, -0.2) is 36.8 Å². The molecule has 1 rings (SSSR count). The number of aliphatic hydroxyl groups excluding tert-OH is 1. The molecule has 0 atom stereocenters. The molecule has 0 unspecified atom stereocenters. The lowest BCUT2D eigenvalue weighted by atomic mass is 10.0. The van der Waals surface area contributed by atoms with Crippen LogP contribution >= 0.6 is 0 Å². The summed E-state index contributed by atoms with van der Waals surface area (Å²) in [6.45, 7) is 6.63. The van der Waals surface area contributed by atoms with Crippen LogP contribution in [0, 0.1) is 13.8 Å². The van der Waals surface area contributed by atoms with Gasteiger partial charge >= 0.3 is 0 Å². The van der Waals surface area contributed by atoms with E-state index in [1.807, 2.05) is 0 Å². The molecule has 0 aliphatic heterocycles. The van der Waals surface area contributed by atoms with Gasteiger partial charge in [-0.15, -0.1) is 0 Å². The Kier molecular flexibility index (Phi) is 5.50. The third-order valence-electron chi connectivity index (χ3n) is 2.97. The van der Waals surface area contributed by atoms with E-state index in [0.29, 0.717) is 0 Å². The summed E-state index contributed by atoms with van der Waals surface area (Å²) < 4.78 is 0. The van der Waals surface area contributed by atoms with E-state index in [4.69, 9.17) is 5.11 Å². The summed E-state index contributed by atoms with van der Waals surface area (Å²) in [5, 5.41) is 8.75. The highest BCUT2D eigenvalue weighted by Gasteiger charge is 2.02. The van der Waals surface area contributed by atoms with Gasteiger partial charge in [0, 0.05) is 19.7 Å². The normalized spacial score (nSPS) is 11.1. The highest BCUT2D eigenvalue weighted by atomic mass is 16.3. The number of likely N-dealkylation sites (N-methyl/N-ethyl adjacent to an activating group) is 1. The summed E-state index contributed by atoms with van der Waals surface area (Å²) in [4.78, 5) is 2.28. The summed E-state index contributed by atoms with van der Waals surface area (Å²) >= 11 is 0. The Labute approximate surface area is 98.9 Å². The maximum absolute atomic E-state index is 8.75. The molecule has 0 heterocycles. The lowest BCUT2D eigenvalue weighted by Crippen LogP contribution is -2.23. The van der Waals surface area contributed by atoms with E-state index in [-0.39, 0.29) is 6.61 Å². The third-order valence-corrected chi connectivity index (χ3v) is 2.97. The molecule has 0 saturated carbocycles. The number of aliphatic hydroxyl groups is 1. The molecule has 90 valence electrons. The maximum Gasteiger partial charge on any atom is 0.0443 e. The molecule has 1 aromatic carbocycles. The zero-order chi connectivity index (χ0) is 12.0. The zero-order valence-electron chi connectivity index (χ0n) is 10.7. The second-order valence-electron chi connectivity index (χ2n) is 4.56. The lowest BCUT2D eigenvalue weighted by Gasteiger charge is -2.16. The van der Waals surface area contributed by atoms with E-state index in [0.717, 1.165) is 25.9 Å². The second-order valence-corrected chi connectivity index (χ2v) is 4.56. The van der Waals surface area contributed by atoms with Gasteiger partial charge < -0.3 is 10.0 Å². The van der Waals surface area contributed by atoms with Crippen molar-refractivity contribution >= 4 is 0 Å². The largest absolute Gasteiger partial charge is 0.396 e. The molecule has 0 saturated heterocycles. The van der Waals surface area contributed by atoms with E-state index >= 15 is 0 Å². The Hall–Kier alpha value is -0.860. The lowest BCUT2D eigenvalue weighted by molar-refractivity contribution is 0.248. The molecule has 0 spiro atoms. The van der Waals surface area contributed by atoms with Crippen molar-refractivity contribution < 1.29 is 5.11 Å². The molecule has 0 aliphatic carbocycles. The Bertz CT molecular complexity index is 323. The zero-order valence-corrected chi connectivity index (χ0v) is 10.7. The minimum atomic E-state index is 0.286. The van der Waals surface area contributed by atoms with Crippen molar-refractivity contribution in [1.29, 1.82) is 0 Å². The van der Waals surface area contributed by atoms with Crippen molar-refractivity contribution in [2.24, 2.45) is 0 Å². The highest BCUT2D eigenvalue weighted by Crippen LogP contribution is 2.11. The number of hydrogen-bond acceptors (Lipinski definition) is 2. The topological polar surface area (TPSA) is 23.5 Å². The monoisotopic (exact) mass is 221 g/mol. The molecular weight excluding hydrogens is 198 g/mol. The van der Waals surface area contributed by atoms with Crippen molar-refractivity contribution in [2.75, 3.05) is 26.7 Å². The van der Waals surface area contributed by atoms with Crippen molar-refractivity contribution in [3.63, 3.8) is 0 Å². The highest BCUT2D eigenvalue weighted by molar-refractivity contribution is 5.30. The van der Waals surface area contributed by atoms with Gasteiger partial charge in [-0.1, -0.05) is 23.8 Å². The van der Waals surface area contributed by atoms with E-state index < -0.39 is 0 Å². The fourth-order valence-corrected chi connectivity index (χ4v) is 1.83. The first kappa shape index (κ1) is 13.2. The van der Waals surface area contributed by atoms with Crippen LogP contribution in [0.15, 0.2) is 18.2 Å². The smallest absolute Gasteiger partial charge is 0.0443 e. The van der Waals surface area contributed by atoms with Crippen LogP contribution < -0.4 is 0 Å². The van der Waals surface area contributed by atoms with Crippen LogP contribution in [0.1, 0.15) is 23.1 Å². The van der Waals surface area contributed by atoms with Crippen molar-refractivity contribution in [3.05, 3.63) is 34.9 Å². The van der Waals surface area contributed by atoms with Crippen LogP contribution in [0.2, 0.25) is 0 Å². The Morgan fingerprint density at radius 2 is 1.94 bits per heavy atom. The third kappa shape index (κ3) is 4.33. The molecule has 0 aromatic heterocycles. The van der Waals surface area contributed by atoms with E-state index in [2.05, 4.69) is 44.0 Å². The molecule has 1 aromatic rings. The van der Waals surface area contributed by atoms with Gasteiger partial charge in [0.15, 0.2) is 0 Å². The van der Waals surface area contributed by atoms with Gasteiger partial charge in [0.05, 0.1) is 0 Å². The van der Waals surface area contributed by atoms with Crippen molar-refractivity contribution in [1.82, 2.24) is 4.90 Å².